The van der Waals surface area contributed by atoms with Gasteiger partial charge in [0.15, 0.2) is 5.82 Å². The Morgan fingerprint density at radius 2 is 2.00 bits per heavy atom. The van der Waals surface area contributed by atoms with Gasteiger partial charge in [-0.25, -0.2) is 4.39 Å². The highest BCUT2D eigenvalue weighted by atomic mass is 19.1. The molecule has 1 saturated heterocycles. The van der Waals surface area contributed by atoms with Crippen molar-refractivity contribution in [2.75, 3.05) is 43.6 Å². The Morgan fingerprint density at radius 1 is 1.31 bits per heavy atom. The number of hydrogen-bond donors (Lipinski definition) is 2. The van der Waals surface area contributed by atoms with Crippen molar-refractivity contribution >= 4 is 17.3 Å². The molecule has 2 N–H and O–H groups in total. The number of anilines is 2. The maximum Gasteiger partial charge on any atom is 0.242 e. The van der Waals surface area contributed by atoms with Gasteiger partial charge in [0.25, 0.3) is 0 Å². The van der Waals surface area contributed by atoms with Gasteiger partial charge in [0.1, 0.15) is 6.04 Å². The molecule has 2 unspecified atom stereocenters. The van der Waals surface area contributed by atoms with E-state index in [0.29, 0.717) is 30.3 Å². The number of nitrogens with zero attached hydrogens (tertiary/aromatic N) is 2. The molecular formula is C20H32FN3O2. The van der Waals surface area contributed by atoms with Gasteiger partial charge in [0.05, 0.1) is 11.4 Å². The van der Waals surface area contributed by atoms with Crippen molar-refractivity contribution in [3.63, 3.8) is 0 Å². The van der Waals surface area contributed by atoms with E-state index in [-0.39, 0.29) is 23.7 Å². The molecule has 2 aliphatic heterocycles. The number of aliphatic hydroxyl groups is 1. The van der Waals surface area contributed by atoms with Crippen LogP contribution in [0.1, 0.15) is 32.8 Å². The maximum atomic E-state index is 15.4. The molecule has 1 aromatic carbocycles. The Labute approximate surface area is 156 Å². The van der Waals surface area contributed by atoms with Crippen LogP contribution in [0.5, 0.6) is 0 Å². The molecular weight excluding hydrogens is 333 g/mol. The van der Waals surface area contributed by atoms with Crippen LogP contribution in [0, 0.1) is 17.7 Å². The molecule has 0 aliphatic carbocycles. The number of carbonyl (C=O) groups excluding carboxylic acids is 1. The van der Waals surface area contributed by atoms with Gasteiger partial charge in [-0.05, 0) is 36.3 Å². The van der Waals surface area contributed by atoms with Crippen LogP contribution >= 0.6 is 0 Å². The number of carbonyl (C=O) groups is 1. The lowest BCUT2D eigenvalue weighted by Crippen LogP contribution is -2.50. The molecule has 0 radical (unpaired) electrons. The number of aliphatic hydroxyl groups excluding tert-OH is 1. The lowest BCUT2D eigenvalue weighted by Gasteiger charge is -2.36. The van der Waals surface area contributed by atoms with Crippen LogP contribution in [0.15, 0.2) is 12.1 Å². The normalized spacial score (nSPS) is 23.0. The fourth-order valence-electron chi connectivity index (χ4n) is 4.06. The molecule has 5 nitrogen and oxygen atoms in total. The van der Waals surface area contributed by atoms with Crippen molar-refractivity contribution in [3.8, 4) is 0 Å². The Kier molecular flexibility index (Phi) is 6.87. The summed E-state index contributed by atoms with van der Waals surface area (Å²) >= 11 is 0. The van der Waals surface area contributed by atoms with E-state index >= 15 is 4.39 Å². The van der Waals surface area contributed by atoms with Crippen LogP contribution in [0.3, 0.4) is 0 Å². The minimum atomic E-state index is -0.355. The summed E-state index contributed by atoms with van der Waals surface area (Å²) in [6.45, 7) is 8.57. The topological polar surface area (TPSA) is 55.8 Å². The number of hydrogen-bond acceptors (Lipinski definition) is 4. The molecule has 1 amide bonds. The Balaban J connectivity index is 0.00000117. The van der Waals surface area contributed by atoms with Gasteiger partial charge >= 0.3 is 0 Å². The predicted octanol–water partition coefficient (Wildman–Crippen LogP) is 2.41. The average Bonchev–Trinajstić information content (AvgIpc) is 3.01. The Bertz CT molecular complexity index is 636. The molecule has 0 spiro atoms. The van der Waals surface area contributed by atoms with Gasteiger partial charge < -0.3 is 20.2 Å². The molecule has 6 heteroatoms. The van der Waals surface area contributed by atoms with Crippen molar-refractivity contribution in [3.05, 3.63) is 23.5 Å². The monoisotopic (exact) mass is 365 g/mol. The summed E-state index contributed by atoms with van der Waals surface area (Å²) in [5.74, 6) is 0.511. The minimum absolute atomic E-state index is 0.0160. The molecule has 1 aromatic rings. The molecule has 0 bridgehead atoms. The fourth-order valence-corrected chi connectivity index (χ4v) is 4.06. The first-order chi connectivity index (χ1) is 12.4. The number of halogens is 1. The van der Waals surface area contributed by atoms with Crippen LogP contribution in [-0.4, -0.2) is 50.8 Å². The zero-order valence-corrected chi connectivity index (χ0v) is 16.6. The third-order valence-corrected chi connectivity index (χ3v) is 5.31. The van der Waals surface area contributed by atoms with E-state index < -0.39 is 0 Å². The number of nitrogens with one attached hydrogen (secondary N) is 1. The number of amides is 1. The van der Waals surface area contributed by atoms with E-state index in [9.17, 15) is 4.79 Å². The summed E-state index contributed by atoms with van der Waals surface area (Å²) in [7, 11) is 2.84. The molecule has 2 heterocycles. The molecule has 146 valence electrons. The van der Waals surface area contributed by atoms with Gasteiger partial charge in [-0.3, -0.25) is 4.79 Å². The highest BCUT2D eigenvalue weighted by molar-refractivity contribution is 5.87. The number of likely N-dealkylation sites (N-methyl/N-ethyl adjacent to an activating group) is 1. The minimum Gasteiger partial charge on any atom is -0.400 e. The third-order valence-electron chi connectivity index (χ3n) is 5.31. The first kappa shape index (κ1) is 20.5. The van der Waals surface area contributed by atoms with Gasteiger partial charge in [0.2, 0.25) is 5.91 Å². The number of rotatable bonds is 2. The standard InChI is InChI=1S/C19H28FN3O.CH4O/c1-12(2)17-19(24)21-9-7-14-5-6-15(16(20)18(14)22(17)4)23-10-8-13(3)11-23;1-2/h5-6,12-13,17H,7-11H2,1-4H3,(H,21,24);2H,1H3. The van der Waals surface area contributed by atoms with Crippen molar-refractivity contribution in [2.45, 2.75) is 39.7 Å². The molecule has 1 fully saturated rings. The van der Waals surface area contributed by atoms with Crippen LogP contribution < -0.4 is 15.1 Å². The molecule has 26 heavy (non-hydrogen) atoms. The van der Waals surface area contributed by atoms with Gasteiger partial charge in [-0.15, -0.1) is 0 Å². The van der Waals surface area contributed by atoms with Crippen molar-refractivity contribution in [2.24, 2.45) is 11.8 Å². The fraction of sp³-hybridized carbons (Fsp3) is 0.650. The van der Waals surface area contributed by atoms with Crippen LogP contribution in [-0.2, 0) is 11.2 Å². The summed E-state index contributed by atoms with van der Waals surface area (Å²) in [5, 5.41) is 9.97. The van der Waals surface area contributed by atoms with Crippen molar-refractivity contribution in [1.82, 2.24) is 5.32 Å². The first-order valence-electron chi connectivity index (χ1n) is 9.41. The van der Waals surface area contributed by atoms with Crippen LogP contribution in [0.25, 0.3) is 0 Å². The average molecular weight is 365 g/mol. The summed E-state index contributed by atoms with van der Waals surface area (Å²) in [4.78, 5) is 16.4. The summed E-state index contributed by atoms with van der Waals surface area (Å²) in [6, 6.07) is 3.59. The predicted molar refractivity (Wildman–Crippen MR) is 104 cm³/mol. The summed E-state index contributed by atoms with van der Waals surface area (Å²) in [6.07, 6.45) is 1.76. The highest BCUT2D eigenvalue weighted by Crippen LogP contribution is 2.36. The zero-order chi connectivity index (χ0) is 19.4. The molecule has 2 atom stereocenters. The van der Waals surface area contributed by atoms with Crippen molar-refractivity contribution in [1.29, 1.82) is 0 Å². The lowest BCUT2D eigenvalue weighted by atomic mass is 9.97. The lowest BCUT2D eigenvalue weighted by molar-refractivity contribution is -0.123. The third kappa shape index (κ3) is 3.95. The van der Waals surface area contributed by atoms with Crippen molar-refractivity contribution < 1.29 is 14.3 Å². The second kappa shape index (κ2) is 8.71. The van der Waals surface area contributed by atoms with E-state index in [4.69, 9.17) is 5.11 Å². The smallest absolute Gasteiger partial charge is 0.242 e. The maximum absolute atomic E-state index is 15.4. The Morgan fingerprint density at radius 3 is 2.58 bits per heavy atom. The number of fused-ring (bicyclic) bond motifs is 1. The molecule has 0 aromatic heterocycles. The molecule has 3 rings (SSSR count). The van der Waals surface area contributed by atoms with Gasteiger partial charge in [-0.1, -0.05) is 26.8 Å². The van der Waals surface area contributed by atoms with E-state index in [0.717, 1.165) is 32.2 Å². The van der Waals surface area contributed by atoms with E-state index in [1.807, 2.05) is 37.9 Å². The highest BCUT2D eigenvalue weighted by Gasteiger charge is 2.33. The summed E-state index contributed by atoms with van der Waals surface area (Å²) < 4.78 is 15.4. The molecule has 0 saturated carbocycles. The molecule has 2 aliphatic rings. The SMILES string of the molecule is CC1CCN(c2ccc3c(c2F)N(C)C(C(C)C)C(=O)NCC3)C1.CO. The van der Waals surface area contributed by atoms with E-state index in [1.165, 1.54) is 0 Å². The van der Waals surface area contributed by atoms with Gasteiger partial charge in [-0.2, -0.15) is 0 Å². The van der Waals surface area contributed by atoms with Gasteiger partial charge in [0, 0.05) is 33.8 Å². The second-order valence-electron chi connectivity index (χ2n) is 7.59. The van der Waals surface area contributed by atoms with E-state index in [1.54, 1.807) is 0 Å². The largest absolute Gasteiger partial charge is 0.400 e. The number of benzene rings is 1. The summed E-state index contributed by atoms with van der Waals surface area (Å²) in [5.41, 5.74) is 2.24. The zero-order valence-electron chi connectivity index (χ0n) is 16.6. The quantitative estimate of drug-likeness (QED) is 0.845. The van der Waals surface area contributed by atoms with Crippen LogP contribution in [0.4, 0.5) is 15.8 Å². The van der Waals surface area contributed by atoms with Crippen LogP contribution in [0.2, 0.25) is 0 Å². The first-order valence-corrected chi connectivity index (χ1v) is 9.41. The van der Waals surface area contributed by atoms with E-state index in [2.05, 4.69) is 17.1 Å². The second-order valence-corrected chi connectivity index (χ2v) is 7.59. The Hall–Kier alpha value is -1.82.